The second kappa shape index (κ2) is 8.63. The molecule has 2 amide bonds. The number of aromatic nitrogens is 5. The highest BCUT2D eigenvalue weighted by molar-refractivity contribution is 5.94. The SMILES string of the molecule is COc1cc(-c2cc(C(=O)N3CCC(C(N)=O)CC34CC4[C@@H](C)c3nnc(C4CC4)o3)n[nH]2)c(F)cn1. The van der Waals surface area contributed by atoms with E-state index in [1.54, 1.807) is 4.90 Å². The van der Waals surface area contributed by atoms with Crippen molar-refractivity contribution >= 4 is 11.8 Å². The summed E-state index contributed by atoms with van der Waals surface area (Å²) in [7, 11) is 1.44. The van der Waals surface area contributed by atoms with Crippen LogP contribution in [-0.4, -0.2) is 61.3 Å². The van der Waals surface area contributed by atoms with Crippen molar-refractivity contribution in [2.75, 3.05) is 13.7 Å². The Morgan fingerprint density at radius 2 is 2.08 bits per heavy atom. The van der Waals surface area contributed by atoms with Crippen LogP contribution < -0.4 is 10.5 Å². The van der Waals surface area contributed by atoms with E-state index in [1.807, 2.05) is 6.92 Å². The minimum Gasteiger partial charge on any atom is -0.481 e. The number of nitrogens with one attached hydrogen (secondary N) is 1. The third-order valence-electron chi connectivity index (χ3n) is 8.09. The molecule has 4 heterocycles. The number of hydrogen-bond donors (Lipinski definition) is 2. The summed E-state index contributed by atoms with van der Waals surface area (Å²) in [5.41, 5.74) is 5.81. The van der Waals surface area contributed by atoms with Crippen LogP contribution in [0, 0.1) is 17.7 Å². The first-order valence-corrected chi connectivity index (χ1v) is 12.5. The number of aromatic amines is 1. The molecule has 3 aliphatic rings. The Morgan fingerprint density at radius 1 is 1.27 bits per heavy atom. The van der Waals surface area contributed by atoms with Gasteiger partial charge in [0.15, 0.2) is 11.5 Å². The molecule has 3 aromatic heterocycles. The minimum absolute atomic E-state index is 0.0337. The van der Waals surface area contributed by atoms with Gasteiger partial charge in [-0.1, -0.05) is 6.92 Å². The Hall–Kier alpha value is -3.83. The zero-order chi connectivity index (χ0) is 25.9. The number of halogens is 1. The lowest BCUT2D eigenvalue weighted by Crippen LogP contribution is -2.51. The van der Waals surface area contributed by atoms with Crippen molar-refractivity contribution in [1.82, 2.24) is 30.3 Å². The van der Waals surface area contributed by atoms with E-state index in [1.165, 1.54) is 19.2 Å². The maximum absolute atomic E-state index is 14.4. The van der Waals surface area contributed by atoms with E-state index in [4.69, 9.17) is 14.9 Å². The number of carbonyl (C=O) groups is 2. The quantitative estimate of drug-likeness (QED) is 0.493. The Kier molecular flexibility index (Phi) is 5.50. The number of piperidine rings is 1. The van der Waals surface area contributed by atoms with E-state index in [0.717, 1.165) is 19.0 Å². The summed E-state index contributed by atoms with van der Waals surface area (Å²) < 4.78 is 25.5. The van der Waals surface area contributed by atoms with Crippen LogP contribution >= 0.6 is 0 Å². The largest absolute Gasteiger partial charge is 0.481 e. The third kappa shape index (κ3) is 4.04. The first kappa shape index (κ1) is 23.6. The molecule has 4 atom stereocenters. The van der Waals surface area contributed by atoms with Gasteiger partial charge in [-0.25, -0.2) is 9.37 Å². The Labute approximate surface area is 212 Å². The zero-order valence-electron chi connectivity index (χ0n) is 20.6. The fourth-order valence-corrected chi connectivity index (χ4v) is 5.75. The lowest BCUT2D eigenvalue weighted by molar-refractivity contribution is -0.124. The van der Waals surface area contributed by atoms with E-state index in [0.29, 0.717) is 49.2 Å². The van der Waals surface area contributed by atoms with Gasteiger partial charge in [0.05, 0.1) is 19.0 Å². The monoisotopic (exact) mass is 509 g/mol. The van der Waals surface area contributed by atoms with Gasteiger partial charge in [-0.15, -0.1) is 10.2 Å². The van der Waals surface area contributed by atoms with E-state index in [2.05, 4.69) is 25.4 Å². The van der Waals surface area contributed by atoms with E-state index < -0.39 is 11.4 Å². The molecule has 0 aromatic carbocycles. The van der Waals surface area contributed by atoms with Gasteiger partial charge in [0, 0.05) is 41.5 Å². The van der Waals surface area contributed by atoms with Crippen molar-refractivity contribution in [2.24, 2.45) is 17.6 Å². The van der Waals surface area contributed by atoms with Gasteiger partial charge in [0.1, 0.15) is 0 Å². The fourth-order valence-electron chi connectivity index (χ4n) is 5.75. The Balaban J connectivity index is 1.27. The van der Waals surface area contributed by atoms with Crippen LogP contribution in [0.1, 0.15) is 73.1 Å². The van der Waals surface area contributed by atoms with Crippen molar-refractivity contribution in [2.45, 2.75) is 56.4 Å². The van der Waals surface area contributed by atoms with Crippen LogP contribution in [0.15, 0.2) is 22.7 Å². The molecule has 11 nitrogen and oxygen atoms in total. The second-order valence-electron chi connectivity index (χ2n) is 10.4. The summed E-state index contributed by atoms with van der Waals surface area (Å²) in [5.74, 6) is 0.242. The number of pyridine rings is 1. The smallest absolute Gasteiger partial charge is 0.274 e. The van der Waals surface area contributed by atoms with Gasteiger partial charge in [0.25, 0.3) is 5.91 Å². The number of nitrogens with zero attached hydrogens (tertiary/aromatic N) is 5. The Morgan fingerprint density at radius 3 is 2.81 bits per heavy atom. The van der Waals surface area contributed by atoms with E-state index in [9.17, 15) is 14.0 Å². The number of methoxy groups -OCH3 is 1. The van der Waals surface area contributed by atoms with Crippen LogP contribution in [0.25, 0.3) is 11.3 Å². The number of carbonyl (C=O) groups excluding carboxylic acids is 2. The van der Waals surface area contributed by atoms with Crippen LogP contribution in [0.2, 0.25) is 0 Å². The highest BCUT2D eigenvalue weighted by atomic mass is 19.1. The number of ether oxygens (including phenoxy) is 1. The number of H-pyrrole nitrogens is 1. The molecule has 3 N–H and O–H groups in total. The summed E-state index contributed by atoms with van der Waals surface area (Å²) >= 11 is 0. The number of nitrogens with two attached hydrogens (primary N) is 1. The number of amides is 2. The van der Waals surface area contributed by atoms with Crippen molar-refractivity contribution in [3.8, 4) is 17.1 Å². The molecule has 6 rings (SSSR count). The molecule has 3 unspecified atom stereocenters. The molecule has 1 aliphatic heterocycles. The molecule has 0 radical (unpaired) electrons. The summed E-state index contributed by atoms with van der Waals surface area (Å²) in [6.07, 6.45) is 4.83. The predicted octanol–water partition coefficient (Wildman–Crippen LogP) is 2.78. The van der Waals surface area contributed by atoms with Crippen LogP contribution in [-0.2, 0) is 4.79 Å². The van der Waals surface area contributed by atoms with Gasteiger partial charge in [-0.05, 0) is 44.1 Å². The van der Waals surface area contributed by atoms with Gasteiger partial charge in [-0.2, -0.15) is 5.10 Å². The number of likely N-dealkylation sites (tertiary alicyclic amines) is 1. The molecule has 194 valence electrons. The number of hydrogen-bond acceptors (Lipinski definition) is 8. The molecular formula is C25H28FN7O4. The van der Waals surface area contributed by atoms with Gasteiger partial charge in [-0.3, -0.25) is 14.7 Å². The standard InChI is InChI=1S/C25H28FN7O4/c1-12(22-31-32-23(37-22)13-3-4-13)16-10-25(16)9-14(21(27)34)5-6-33(25)24(35)19-8-18(29-30-19)15-7-20(36-2)28-11-17(15)26/h7-8,11-14,16H,3-6,9-10H2,1-2H3,(H2,27,34)(H,29,30)/t12-,14?,16?,25?/m1/s1. The van der Waals surface area contributed by atoms with Crippen molar-refractivity contribution in [3.05, 3.63) is 41.6 Å². The van der Waals surface area contributed by atoms with Gasteiger partial charge in [0.2, 0.25) is 23.6 Å². The highest BCUT2D eigenvalue weighted by Gasteiger charge is 2.64. The summed E-state index contributed by atoms with van der Waals surface area (Å²) in [5, 5.41) is 15.4. The van der Waals surface area contributed by atoms with Crippen LogP contribution in [0.5, 0.6) is 5.88 Å². The molecule has 1 saturated heterocycles. The lowest BCUT2D eigenvalue weighted by Gasteiger charge is -2.40. The molecule has 12 heteroatoms. The average Bonchev–Trinajstić information content (AvgIpc) is 3.74. The maximum Gasteiger partial charge on any atom is 0.274 e. The first-order chi connectivity index (χ1) is 17.8. The summed E-state index contributed by atoms with van der Waals surface area (Å²) in [4.78, 5) is 31.5. The van der Waals surface area contributed by atoms with Crippen LogP contribution in [0.3, 0.4) is 0 Å². The minimum atomic E-state index is -0.566. The topological polar surface area (TPSA) is 153 Å². The highest BCUT2D eigenvalue weighted by Crippen LogP contribution is 2.60. The number of rotatable bonds is 7. The van der Waals surface area contributed by atoms with Crippen molar-refractivity contribution in [3.63, 3.8) is 0 Å². The summed E-state index contributed by atoms with van der Waals surface area (Å²) in [6, 6.07) is 2.96. The normalized spacial score (nSPS) is 25.8. The molecule has 2 saturated carbocycles. The first-order valence-electron chi connectivity index (χ1n) is 12.5. The molecule has 3 fully saturated rings. The zero-order valence-corrected chi connectivity index (χ0v) is 20.6. The molecule has 1 spiro atoms. The number of primary amides is 1. The van der Waals surface area contributed by atoms with Crippen molar-refractivity contribution in [1.29, 1.82) is 0 Å². The molecule has 2 aliphatic carbocycles. The molecule has 37 heavy (non-hydrogen) atoms. The van der Waals surface area contributed by atoms with Crippen LogP contribution in [0.4, 0.5) is 4.39 Å². The van der Waals surface area contributed by atoms with E-state index in [-0.39, 0.29) is 46.7 Å². The van der Waals surface area contributed by atoms with E-state index >= 15 is 0 Å². The second-order valence-corrected chi connectivity index (χ2v) is 10.4. The predicted molar refractivity (Wildman–Crippen MR) is 127 cm³/mol. The third-order valence-corrected chi connectivity index (χ3v) is 8.09. The average molecular weight is 510 g/mol. The van der Waals surface area contributed by atoms with Gasteiger partial charge >= 0.3 is 0 Å². The molecular weight excluding hydrogens is 481 g/mol. The van der Waals surface area contributed by atoms with Gasteiger partial charge < -0.3 is 19.8 Å². The molecule has 3 aromatic rings. The Bertz CT molecular complexity index is 1370. The lowest BCUT2D eigenvalue weighted by atomic mass is 9.85. The van der Waals surface area contributed by atoms with Crippen molar-refractivity contribution < 1.29 is 23.1 Å². The maximum atomic E-state index is 14.4. The summed E-state index contributed by atoms with van der Waals surface area (Å²) in [6.45, 7) is 2.39. The molecule has 0 bridgehead atoms. The fraction of sp³-hybridized carbons (Fsp3) is 0.520.